The van der Waals surface area contributed by atoms with Crippen LogP contribution in [0.3, 0.4) is 0 Å². The van der Waals surface area contributed by atoms with Crippen molar-refractivity contribution in [3.63, 3.8) is 0 Å². The number of nitrogens with two attached hydrogens (primary N) is 1. The molecule has 0 aliphatic carbocycles. The maximum atomic E-state index is 5.69. The van der Waals surface area contributed by atoms with Gasteiger partial charge >= 0.3 is 0 Å². The fourth-order valence-corrected chi connectivity index (χ4v) is 1.53. The van der Waals surface area contributed by atoms with E-state index >= 15 is 0 Å². The first-order chi connectivity index (χ1) is 6.69. The zero-order chi connectivity index (χ0) is 10.6. The van der Waals surface area contributed by atoms with Gasteiger partial charge in [-0.2, -0.15) is 0 Å². The normalized spacial score (nSPS) is 10.3. The van der Waals surface area contributed by atoms with Crippen molar-refractivity contribution in [2.75, 3.05) is 11.9 Å². The number of rotatable bonds is 4. The molecule has 1 aromatic rings. The Hall–Kier alpha value is -1.09. The predicted molar refractivity (Wildman–Crippen MR) is 60.4 cm³/mol. The molecule has 0 spiro atoms. The second-order valence-corrected chi connectivity index (χ2v) is 3.51. The van der Waals surface area contributed by atoms with E-state index in [1.54, 1.807) is 0 Å². The van der Waals surface area contributed by atoms with Gasteiger partial charge in [-0.1, -0.05) is 6.92 Å². The Morgan fingerprint density at radius 1 is 1.43 bits per heavy atom. The zero-order valence-corrected chi connectivity index (χ0v) is 9.22. The van der Waals surface area contributed by atoms with Gasteiger partial charge in [-0.25, -0.2) is 0 Å². The quantitative estimate of drug-likeness (QED) is 0.768. The van der Waals surface area contributed by atoms with Gasteiger partial charge in [0.1, 0.15) is 0 Å². The van der Waals surface area contributed by atoms with Crippen molar-refractivity contribution in [1.29, 1.82) is 0 Å². The summed E-state index contributed by atoms with van der Waals surface area (Å²) in [7, 11) is 0. The van der Waals surface area contributed by atoms with Crippen molar-refractivity contribution < 1.29 is 0 Å². The summed E-state index contributed by atoms with van der Waals surface area (Å²) >= 11 is 0. The standard InChI is InChI=1S/C11H19N3/c1-4-5-13-11-6-8(2)14-9(3)10(11)7-12/h6H,4-5,7,12H2,1-3H3,(H,13,14). The molecule has 0 radical (unpaired) electrons. The van der Waals surface area contributed by atoms with Crippen LogP contribution in [0, 0.1) is 13.8 Å². The summed E-state index contributed by atoms with van der Waals surface area (Å²) in [5.74, 6) is 0. The van der Waals surface area contributed by atoms with E-state index in [4.69, 9.17) is 5.73 Å². The van der Waals surface area contributed by atoms with Gasteiger partial charge in [0.15, 0.2) is 0 Å². The van der Waals surface area contributed by atoms with Crippen LogP contribution in [0.4, 0.5) is 5.69 Å². The van der Waals surface area contributed by atoms with Crippen LogP contribution < -0.4 is 11.1 Å². The highest BCUT2D eigenvalue weighted by molar-refractivity contribution is 5.53. The SMILES string of the molecule is CCCNc1cc(C)nc(C)c1CN. The van der Waals surface area contributed by atoms with Crippen LogP contribution in [0.25, 0.3) is 0 Å². The van der Waals surface area contributed by atoms with Crippen LogP contribution in [0.5, 0.6) is 0 Å². The Bertz CT molecular complexity index is 308. The average Bonchev–Trinajstić information content (AvgIpc) is 2.14. The maximum absolute atomic E-state index is 5.69. The highest BCUT2D eigenvalue weighted by atomic mass is 14.9. The van der Waals surface area contributed by atoms with Gasteiger partial charge in [-0.3, -0.25) is 4.98 Å². The number of aryl methyl sites for hydroxylation is 2. The lowest BCUT2D eigenvalue weighted by Gasteiger charge is -2.13. The van der Waals surface area contributed by atoms with Crippen molar-refractivity contribution in [3.05, 3.63) is 23.0 Å². The Kier molecular flexibility index (Phi) is 3.89. The Morgan fingerprint density at radius 2 is 2.14 bits per heavy atom. The Morgan fingerprint density at radius 3 is 2.71 bits per heavy atom. The Labute approximate surface area is 85.7 Å². The van der Waals surface area contributed by atoms with E-state index in [1.807, 2.05) is 13.8 Å². The fourth-order valence-electron chi connectivity index (χ4n) is 1.53. The minimum absolute atomic E-state index is 0.547. The molecule has 0 saturated carbocycles. The number of anilines is 1. The molecule has 0 unspecified atom stereocenters. The lowest BCUT2D eigenvalue weighted by Crippen LogP contribution is -2.09. The third kappa shape index (κ3) is 2.45. The van der Waals surface area contributed by atoms with Crippen molar-refractivity contribution in [1.82, 2.24) is 4.98 Å². The number of hydrogen-bond acceptors (Lipinski definition) is 3. The number of nitrogens with zero attached hydrogens (tertiary/aromatic N) is 1. The molecule has 14 heavy (non-hydrogen) atoms. The van der Waals surface area contributed by atoms with Gasteiger partial charge < -0.3 is 11.1 Å². The summed E-state index contributed by atoms with van der Waals surface area (Å²) in [6.07, 6.45) is 1.12. The van der Waals surface area contributed by atoms with Gasteiger partial charge in [0.05, 0.1) is 0 Å². The highest BCUT2D eigenvalue weighted by Crippen LogP contribution is 2.18. The van der Waals surface area contributed by atoms with Gasteiger partial charge in [0, 0.05) is 35.7 Å². The summed E-state index contributed by atoms with van der Waals surface area (Å²) in [5.41, 5.74) is 10.0. The average molecular weight is 193 g/mol. The van der Waals surface area contributed by atoms with Gasteiger partial charge in [0.25, 0.3) is 0 Å². The number of nitrogens with one attached hydrogen (secondary N) is 1. The molecule has 0 fully saturated rings. The fraction of sp³-hybridized carbons (Fsp3) is 0.545. The first-order valence-corrected chi connectivity index (χ1v) is 5.10. The minimum atomic E-state index is 0.547. The third-order valence-corrected chi connectivity index (χ3v) is 2.23. The molecule has 0 atom stereocenters. The summed E-state index contributed by atoms with van der Waals surface area (Å²) < 4.78 is 0. The van der Waals surface area contributed by atoms with Crippen LogP contribution in [-0.2, 0) is 6.54 Å². The maximum Gasteiger partial charge on any atom is 0.0441 e. The smallest absolute Gasteiger partial charge is 0.0441 e. The molecule has 1 aromatic heterocycles. The van der Waals surface area contributed by atoms with E-state index < -0.39 is 0 Å². The molecule has 0 aliphatic rings. The number of pyridine rings is 1. The van der Waals surface area contributed by atoms with Crippen molar-refractivity contribution in [2.24, 2.45) is 5.73 Å². The highest BCUT2D eigenvalue weighted by Gasteiger charge is 2.05. The van der Waals surface area contributed by atoms with Gasteiger partial charge in [-0.05, 0) is 26.3 Å². The molecule has 0 saturated heterocycles. The van der Waals surface area contributed by atoms with Gasteiger partial charge in [0.2, 0.25) is 0 Å². The molecular formula is C11H19N3. The minimum Gasteiger partial charge on any atom is -0.385 e. The lowest BCUT2D eigenvalue weighted by molar-refractivity contribution is 0.947. The molecule has 3 nitrogen and oxygen atoms in total. The number of hydrogen-bond donors (Lipinski definition) is 2. The van der Waals surface area contributed by atoms with Gasteiger partial charge in [-0.15, -0.1) is 0 Å². The molecule has 3 N–H and O–H groups in total. The first-order valence-electron chi connectivity index (χ1n) is 5.10. The largest absolute Gasteiger partial charge is 0.385 e. The van der Waals surface area contributed by atoms with E-state index in [1.165, 1.54) is 0 Å². The van der Waals surface area contributed by atoms with E-state index in [9.17, 15) is 0 Å². The molecule has 0 amide bonds. The van der Waals surface area contributed by atoms with Crippen LogP contribution in [-0.4, -0.2) is 11.5 Å². The van der Waals surface area contributed by atoms with E-state index in [2.05, 4.69) is 23.3 Å². The third-order valence-electron chi connectivity index (χ3n) is 2.23. The summed E-state index contributed by atoms with van der Waals surface area (Å²) in [5, 5.41) is 3.38. The van der Waals surface area contributed by atoms with E-state index in [0.29, 0.717) is 6.54 Å². The zero-order valence-electron chi connectivity index (χ0n) is 9.22. The number of aromatic nitrogens is 1. The second-order valence-electron chi connectivity index (χ2n) is 3.51. The molecule has 3 heteroatoms. The topological polar surface area (TPSA) is 50.9 Å². The van der Waals surface area contributed by atoms with Crippen molar-refractivity contribution >= 4 is 5.69 Å². The van der Waals surface area contributed by atoms with Crippen LogP contribution in [0.15, 0.2) is 6.07 Å². The first kappa shape index (κ1) is 11.0. The molecule has 0 aliphatic heterocycles. The molecule has 78 valence electrons. The molecule has 1 heterocycles. The summed E-state index contributed by atoms with van der Waals surface area (Å²) in [6, 6.07) is 2.06. The molecule has 1 rings (SSSR count). The summed E-state index contributed by atoms with van der Waals surface area (Å²) in [4.78, 5) is 4.39. The monoisotopic (exact) mass is 193 g/mol. The molecule has 0 bridgehead atoms. The Balaban J connectivity index is 2.99. The van der Waals surface area contributed by atoms with Crippen LogP contribution in [0.1, 0.15) is 30.3 Å². The lowest BCUT2D eigenvalue weighted by atomic mass is 10.1. The van der Waals surface area contributed by atoms with Crippen molar-refractivity contribution in [3.8, 4) is 0 Å². The summed E-state index contributed by atoms with van der Waals surface area (Å²) in [6.45, 7) is 7.69. The molecular weight excluding hydrogens is 174 g/mol. The predicted octanol–water partition coefficient (Wildman–Crippen LogP) is 1.98. The van der Waals surface area contributed by atoms with Crippen molar-refractivity contribution in [2.45, 2.75) is 33.7 Å². The molecule has 0 aromatic carbocycles. The van der Waals surface area contributed by atoms with Crippen LogP contribution in [0.2, 0.25) is 0 Å². The van der Waals surface area contributed by atoms with Crippen LogP contribution >= 0.6 is 0 Å². The van der Waals surface area contributed by atoms with E-state index in [-0.39, 0.29) is 0 Å². The second kappa shape index (κ2) is 4.96. The van der Waals surface area contributed by atoms with E-state index in [0.717, 1.165) is 35.6 Å².